The highest BCUT2D eigenvalue weighted by Crippen LogP contribution is 2.59. The van der Waals surface area contributed by atoms with Crippen molar-refractivity contribution in [3.05, 3.63) is 107 Å². The van der Waals surface area contributed by atoms with Crippen LogP contribution in [0.15, 0.2) is 75.3 Å². The van der Waals surface area contributed by atoms with Crippen LogP contribution in [0.5, 0.6) is 0 Å². The molecule has 24 rings (SSSR count). The van der Waals surface area contributed by atoms with Crippen molar-refractivity contribution in [1.29, 1.82) is 0 Å². The van der Waals surface area contributed by atoms with E-state index in [1.54, 1.807) is 41.0 Å². The van der Waals surface area contributed by atoms with Gasteiger partial charge in [-0.15, -0.1) is 45.3 Å². The SMILES string of the molecule is C1=C(CNC23CC4CC(CC(C4)C2)C3)Cc2sccc21.Clc1c(CNC23CC4CC(CC(C4)C2)C3)cc2sccn12.c1cn2cc(CNC34CC5CC(CC(C5)C3)C4)cc2s1.c1scc2sc(CNC34CC5CC(CC(C5)C3)C4)cc12. The van der Waals surface area contributed by atoms with Gasteiger partial charge in [0.2, 0.25) is 0 Å². The second kappa shape index (κ2) is 21.0. The maximum absolute atomic E-state index is 6.51. The lowest BCUT2D eigenvalue weighted by Gasteiger charge is -2.57. The Morgan fingerprint density at radius 1 is 0.494 bits per heavy atom. The Hall–Kier alpha value is -2.29. The highest BCUT2D eigenvalue weighted by molar-refractivity contribution is 7.22. The summed E-state index contributed by atoms with van der Waals surface area (Å²) in [7, 11) is 0. The number of aromatic nitrogens is 2. The molecule has 0 aromatic carbocycles. The molecule has 0 aliphatic heterocycles. The van der Waals surface area contributed by atoms with Gasteiger partial charge in [-0.3, -0.25) is 4.40 Å². The maximum atomic E-state index is 6.51. The summed E-state index contributed by atoms with van der Waals surface area (Å²) in [4.78, 5) is 5.72. The third-order valence-electron chi connectivity index (χ3n) is 24.2. The van der Waals surface area contributed by atoms with Gasteiger partial charge in [-0.2, -0.15) is 11.3 Å². The van der Waals surface area contributed by atoms with E-state index in [0.717, 1.165) is 102 Å². The molecule has 16 bridgehead atoms. The van der Waals surface area contributed by atoms with Gasteiger partial charge in [0.15, 0.2) is 0 Å². The molecule has 7 aromatic heterocycles. The summed E-state index contributed by atoms with van der Waals surface area (Å²) < 4.78 is 5.82. The highest BCUT2D eigenvalue weighted by atomic mass is 35.5. The number of halogens is 1. The van der Waals surface area contributed by atoms with E-state index in [1.807, 2.05) is 45.3 Å². The van der Waals surface area contributed by atoms with Crippen molar-refractivity contribution >= 4 is 94.1 Å². The molecule has 0 radical (unpaired) electrons. The highest BCUT2D eigenvalue weighted by Gasteiger charge is 2.54. The zero-order chi connectivity index (χ0) is 53.5. The molecule has 16 fully saturated rings. The van der Waals surface area contributed by atoms with Crippen molar-refractivity contribution in [3.63, 3.8) is 0 Å². The number of hydrogen-bond donors (Lipinski definition) is 4. The van der Waals surface area contributed by atoms with E-state index in [1.165, 1.54) is 183 Å². The van der Waals surface area contributed by atoms with Crippen molar-refractivity contribution in [3.8, 4) is 0 Å². The van der Waals surface area contributed by atoms with Crippen LogP contribution in [0.2, 0.25) is 5.15 Å². The number of rotatable bonds is 12. The third kappa shape index (κ3) is 10.5. The van der Waals surface area contributed by atoms with Crippen LogP contribution in [0, 0.1) is 71.0 Å². The topological polar surface area (TPSA) is 56.9 Å². The van der Waals surface area contributed by atoms with Crippen LogP contribution in [-0.4, -0.2) is 37.5 Å². The van der Waals surface area contributed by atoms with Gasteiger partial charge in [-0.05, 0) is 271 Å². The fourth-order valence-corrected chi connectivity index (χ4v) is 27.4. The van der Waals surface area contributed by atoms with Crippen LogP contribution < -0.4 is 21.3 Å². The van der Waals surface area contributed by atoms with Gasteiger partial charge in [0.05, 0.1) is 4.83 Å². The average molecular weight is 1200 g/mol. The zero-order valence-electron chi connectivity index (χ0n) is 47.8. The number of hydrogen-bond acceptors (Lipinski definition) is 9. The second-order valence-electron chi connectivity index (χ2n) is 30.5. The molecular weight excluding hydrogens is 1110 g/mol. The minimum atomic E-state index is 0.424. The molecule has 12 heteroatoms. The summed E-state index contributed by atoms with van der Waals surface area (Å²) in [5, 5.41) is 29.3. The van der Waals surface area contributed by atoms with E-state index in [-0.39, 0.29) is 0 Å². The molecule has 0 unspecified atom stereocenters. The largest absolute Gasteiger partial charge is 0.314 e. The Labute approximate surface area is 507 Å². The quantitative estimate of drug-likeness (QED) is 0.0985. The Bertz CT molecular complexity index is 3110. The normalized spacial score (nSPS) is 39.1. The molecule has 0 atom stereocenters. The first-order valence-electron chi connectivity index (χ1n) is 32.5. The minimum absolute atomic E-state index is 0.424. The molecule has 81 heavy (non-hydrogen) atoms. The van der Waals surface area contributed by atoms with Crippen LogP contribution in [0.3, 0.4) is 0 Å². The van der Waals surface area contributed by atoms with Crippen LogP contribution in [0.1, 0.15) is 181 Å². The fourth-order valence-electron chi connectivity index (χ4n) is 22.6. The van der Waals surface area contributed by atoms with Gasteiger partial charge >= 0.3 is 0 Å². The smallest absolute Gasteiger partial charge is 0.118 e. The number of fused-ring (bicyclic) bond motifs is 4. The van der Waals surface area contributed by atoms with Crippen molar-refractivity contribution in [2.45, 2.75) is 202 Å². The van der Waals surface area contributed by atoms with Crippen LogP contribution in [0.4, 0.5) is 0 Å². The van der Waals surface area contributed by atoms with Gasteiger partial charge in [-0.1, -0.05) is 23.3 Å². The van der Waals surface area contributed by atoms with E-state index < -0.39 is 0 Å². The summed E-state index contributed by atoms with van der Waals surface area (Å²) in [6.07, 6.45) is 45.8. The fraction of sp³-hybridized carbons (Fsp3) is 0.652. The number of nitrogens with one attached hydrogen (secondary N) is 4. The van der Waals surface area contributed by atoms with Crippen molar-refractivity contribution < 1.29 is 0 Å². The zero-order valence-corrected chi connectivity index (χ0v) is 52.6. The van der Waals surface area contributed by atoms with Crippen molar-refractivity contribution in [1.82, 2.24) is 30.1 Å². The molecule has 430 valence electrons. The van der Waals surface area contributed by atoms with Gasteiger partial charge in [0, 0.05) is 115 Å². The number of thiophene rings is 3. The van der Waals surface area contributed by atoms with Gasteiger partial charge in [0.25, 0.3) is 0 Å². The molecule has 7 heterocycles. The first-order valence-corrected chi connectivity index (χ1v) is 37.3. The Morgan fingerprint density at radius 3 is 1.47 bits per heavy atom. The monoisotopic (exact) mass is 1190 g/mol. The van der Waals surface area contributed by atoms with Crippen LogP contribution in [-0.2, 0) is 26.1 Å². The van der Waals surface area contributed by atoms with E-state index >= 15 is 0 Å². The van der Waals surface area contributed by atoms with Gasteiger partial charge in [0.1, 0.15) is 9.98 Å². The molecule has 16 saturated carbocycles. The molecule has 0 saturated heterocycles. The number of thiazole rings is 2. The predicted molar refractivity (Wildman–Crippen MR) is 343 cm³/mol. The molecule has 7 aromatic rings. The lowest BCUT2D eigenvalue weighted by molar-refractivity contribution is -0.0207. The Morgan fingerprint density at radius 2 is 0.975 bits per heavy atom. The molecule has 0 spiro atoms. The molecular formula is C69H87ClN6S5. The first kappa shape index (κ1) is 53.0. The third-order valence-corrected chi connectivity index (χ3v) is 29.2. The van der Waals surface area contributed by atoms with Gasteiger partial charge < -0.3 is 25.7 Å². The summed E-state index contributed by atoms with van der Waals surface area (Å²) in [6, 6.07) is 9.26. The van der Waals surface area contributed by atoms with E-state index in [0.29, 0.717) is 22.2 Å². The van der Waals surface area contributed by atoms with Crippen LogP contribution in [0.25, 0.3) is 25.8 Å². The van der Waals surface area contributed by atoms with Crippen molar-refractivity contribution in [2.24, 2.45) is 71.0 Å². The summed E-state index contributed by atoms with van der Waals surface area (Å²) in [6.45, 7) is 4.21. The van der Waals surface area contributed by atoms with Gasteiger partial charge in [-0.25, -0.2) is 0 Å². The second-order valence-corrected chi connectivity index (χ2v) is 35.6. The van der Waals surface area contributed by atoms with E-state index in [9.17, 15) is 0 Å². The summed E-state index contributed by atoms with van der Waals surface area (Å²) >= 11 is 15.8. The molecule has 4 N–H and O–H groups in total. The van der Waals surface area contributed by atoms with Crippen molar-refractivity contribution in [2.75, 3.05) is 6.54 Å². The first-order chi connectivity index (χ1) is 39.5. The summed E-state index contributed by atoms with van der Waals surface area (Å²) in [5.74, 6) is 12.4. The van der Waals surface area contributed by atoms with Crippen LogP contribution >= 0.6 is 68.3 Å². The standard InChI is InChI=1S/C18H23NS.C17H21ClN2S.C17H22N2S.C17H21NS2/c1-2-20-17-7-15(6-16(1)17)11-19-18-8-12-3-13(9-18)5-14(4-12)10-18;18-16-14(6-15-20(16)1-2-21-15)10-19-17-7-11-3-12(8-17)5-13(4-11)9-17;1-2-20-16-6-15(11-19(1)16)10-18-17-7-12-3-13(8-17)5-14(4-12)9-17;1-11-2-13-3-12(1)6-17(5-11,7-13)18-8-15-4-14-9-19-10-16(14)20-15/h1-2,6,12-14,19H,3-5,7-11H2;1-2,6,11-13,19H,3-5,7-10H2;1-2,6,11-14,18H,3-5,7-10H2;4,9-13,18H,1-3,5-8H2. The Balaban J connectivity index is 0.0000000861. The maximum Gasteiger partial charge on any atom is 0.118 e. The van der Waals surface area contributed by atoms with E-state index in [2.05, 4.69) is 106 Å². The Kier molecular flexibility index (Phi) is 13.7. The average Bonchev–Trinajstić information content (AvgIpc) is 4.51. The lowest BCUT2D eigenvalue weighted by atomic mass is 9.53. The van der Waals surface area contributed by atoms with E-state index in [4.69, 9.17) is 11.6 Å². The molecule has 0 amide bonds. The lowest BCUT2D eigenvalue weighted by Crippen LogP contribution is -2.58. The molecule has 17 aliphatic carbocycles. The number of nitrogens with zero attached hydrogens (tertiary/aromatic N) is 2. The summed E-state index contributed by atoms with van der Waals surface area (Å²) in [5.41, 5.74) is 7.75. The molecule has 6 nitrogen and oxygen atoms in total. The predicted octanol–water partition coefficient (Wildman–Crippen LogP) is 18.0. The minimum Gasteiger partial charge on any atom is -0.314 e. The molecule has 17 aliphatic rings.